The number of hydrogen-bond donors (Lipinski definition) is 4. The second-order valence-electron chi connectivity index (χ2n) is 9.14. The number of nitrogens with one attached hydrogen (secondary N) is 3. The van der Waals surface area contributed by atoms with E-state index >= 15 is 0 Å². The molecule has 1 amide bonds. The molecule has 0 spiro atoms. The molecule has 4 N–H and O–H groups in total. The fraction of sp³-hybridized carbons (Fsp3) is 0.320. The predicted molar refractivity (Wildman–Crippen MR) is 130 cm³/mol. The summed E-state index contributed by atoms with van der Waals surface area (Å²) in [6.45, 7) is 4.26. The summed E-state index contributed by atoms with van der Waals surface area (Å²) in [6, 6.07) is 11.3. The first-order valence-corrected chi connectivity index (χ1v) is 11.6. The average Bonchev–Trinajstić information content (AvgIpc) is 3.60. The van der Waals surface area contributed by atoms with Crippen LogP contribution in [0.4, 0.5) is 11.6 Å². The highest BCUT2D eigenvalue weighted by atomic mass is 16.3. The Hall–Kier alpha value is -4.05. The van der Waals surface area contributed by atoms with Crippen molar-refractivity contribution in [1.82, 2.24) is 35.3 Å². The van der Waals surface area contributed by atoms with Gasteiger partial charge in [0.1, 0.15) is 11.4 Å². The zero-order valence-electron chi connectivity index (χ0n) is 19.7. The standard InChI is InChI=1S/C25H28N8O2/c1-16-10-20(29-21(11-16)30-22-12-17(2)31-32-22)25(35)7-6-19(13-25)24(34)27-15-18-4-5-23(26-14-18)33-9-3-8-28-33/h3-5,8-12,14,19,35H,6-7,13,15H2,1-2H3,(H,27,34)(H2,29,30,31,32)/t19-,25+/m1/s1. The fourth-order valence-corrected chi connectivity index (χ4v) is 4.46. The van der Waals surface area contributed by atoms with Crippen LogP contribution in [0.2, 0.25) is 0 Å². The van der Waals surface area contributed by atoms with Crippen molar-refractivity contribution in [3.05, 3.63) is 77.5 Å². The van der Waals surface area contributed by atoms with E-state index in [-0.39, 0.29) is 11.8 Å². The number of aromatic amines is 1. The first-order chi connectivity index (χ1) is 16.9. The van der Waals surface area contributed by atoms with Crippen molar-refractivity contribution in [2.45, 2.75) is 45.3 Å². The van der Waals surface area contributed by atoms with Crippen molar-refractivity contribution in [2.75, 3.05) is 5.32 Å². The first kappa shape index (κ1) is 22.7. The summed E-state index contributed by atoms with van der Waals surface area (Å²) in [4.78, 5) is 21.9. The lowest BCUT2D eigenvalue weighted by Gasteiger charge is -2.23. The number of pyridine rings is 2. The van der Waals surface area contributed by atoms with E-state index in [1.165, 1.54) is 0 Å². The third-order valence-electron chi connectivity index (χ3n) is 6.28. The molecule has 35 heavy (non-hydrogen) atoms. The van der Waals surface area contributed by atoms with Crippen molar-refractivity contribution >= 4 is 17.5 Å². The molecule has 180 valence electrons. The molecule has 1 aliphatic rings. The number of nitrogens with zero attached hydrogens (tertiary/aromatic N) is 5. The number of H-pyrrole nitrogens is 1. The van der Waals surface area contributed by atoms with Gasteiger partial charge in [0, 0.05) is 42.8 Å². The molecule has 0 aliphatic heterocycles. The Morgan fingerprint density at radius 3 is 2.86 bits per heavy atom. The van der Waals surface area contributed by atoms with Gasteiger partial charge in [0.15, 0.2) is 11.6 Å². The molecule has 0 unspecified atom stereocenters. The Morgan fingerprint density at radius 2 is 2.14 bits per heavy atom. The number of rotatable bonds is 7. The van der Waals surface area contributed by atoms with Crippen LogP contribution in [0.5, 0.6) is 0 Å². The minimum Gasteiger partial charge on any atom is -0.384 e. The molecule has 1 saturated carbocycles. The van der Waals surface area contributed by atoms with Gasteiger partial charge < -0.3 is 15.7 Å². The van der Waals surface area contributed by atoms with Crippen molar-refractivity contribution in [3.63, 3.8) is 0 Å². The first-order valence-electron chi connectivity index (χ1n) is 11.6. The second kappa shape index (κ2) is 9.30. The smallest absolute Gasteiger partial charge is 0.223 e. The minimum atomic E-state index is -1.15. The van der Waals surface area contributed by atoms with Gasteiger partial charge in [0.25, 0.3) is 0 Å². The van der Waals surface area contributed by atoms with Gasteiger partial charge >= 0.3 is 0 Å². The molecule has 4 aromatic heterocycles. The second-order valence-corrected chi connectivity index (χ2v) is 9.14. The highest BCUT2D eigenvalue weighted by Crippen LogP contribution is 2.42. The maximum Gasteiger partial charge on any atom is 0.223 e. The number of amides is 1. The van der Waals surface area contributed by atoms with Gasteiger partial charge in [0.2, 0.25) is 5.91 Å². The number of anilines is 2. The Bertz CT molecular complexity index is 1320. The van der Waals surface area contributed by atoms with Gasteiger partial charge in [-0.3, -0.25) is 9.89 Å². The Morgan fingerprint density at radius 1 is 1.26 bits per heavy atom. The van der Waals surface area contributed by atoms with Crippen LogP contribution in [0.3, 0.4) is 0 Å². The molecule has 4 heterocycles. The number of aromatic nitrogens is 6. The van der Waals surface area contributed by atoms with Gasteiger partial charge in [-0.15, -0.1) is 0 Å². The van der Waals surface area contributed by atoms with Crippen LogP contribution >= 0.6 is 0 Å². The van der Waals surface area contributed by atoms with E-state index in [0.717, 1.165) is 16.8 Å². The lowest BCUT2D eigenvalue weighted by Crippen LogP contribution is -2.31. The lowest BCUT2D eigenvalue weighted by atomic mass is 9.94. The zero-order valence-corrected chi connectivity index (χ0v) is 19.7. The molecule has 10 heteroatoms. The molecule has 1 fully saturated rings. The summed E-state index contributed by atoms with van der Waals surface area (Å²) in [5, 5.41) is 28.8. The predicted octanol–water partition coefficient (Wildman–Crippen LogP) is 3.05. The van der Waals surface area contributed by atoms with Crippen molar-refractivity contribution in [3.8, 4) is 5.82 Å². The van der Waals surface area contributed by atoms with E-state index in [1.54, 1.807) is 17.1 Å². The normalized spacial score (nSPS) is 19.6. The molecule has 1 aliphatic carbocycles. The minimum absolute atomic E-state index is 0.0740. The number of carbonyl (C=O) groups is 1. The Balaban J connectivity index is 1.21. The number of carbonyl (C=O) groups excluding carboxylic acids is 1. The van der Waals surface area contributed by atoms with Gasteiger partial charge in [0.05, 0.1) is 5.69 Å². The molecular weight excluding hydrogens is 444 g/mol. The summed E-state index contributed by atoms with van der Waals surface area (Å²) in [5.74, 6) is 1.63. The maximum absolute atomic E-state index is 12.9. The van der Waals surface area contributed by atoms with E-state index in [2.05, 4.69) is 35.9 Å². The maximum atomic E-state index is 12.9. The van der Waals surface area contributed by atoms with E-state index in [0.29, 0.717) is 49.0 Å². The average molecular weight is 473 g/mol. The van der Waals surface area contributed by atoms with Crippen molar-refractivity contribution in [1.29, 1.82) is 0 Å². The summed E-state index contributed by atoms with van der Waals surface area (Å²) in [7, 11) is 0. The van der Waals surface area contributed by atoms with Crippen LogP contribution < -0.4 is 10.6 Å². The number of aliphatic hydroxyl groups is 1. The molecule has 5 rings (SSSR count). The van der Waals surface area contributed by atoms with Gasteiger partial charge in [-0.2, -0.15) is 10.2 Å². The van der Waals surface area contributed by atoms with Crippen molar-refractivity contribution in [2.24, 2.45) is 5.92 Å². The highest BCUT2D eigenvalue weighted by molar-refractivity contribution is 5.79. The van der Waals surface area contributed by atoms with Crippen LogP contribution in [-0.2, 0) is 16.9 Å². The summed E-state index contributed by atoms with van der Waals surface area (Å²) >= 11 is 0. The SMILES string of the molecule is Cc1cc(Nc2cc(C)[nH]n2)nc([C@]2(O)CC[C@@H](C(=O)NCc3ccc(-n4cccn4)nc3)C2)c1. The van der Waals surface area contributed by atoms with E-state index in [4.69, 9.17) is 0 Å². The number of hydrogen-bond acceptors (Lipinski definition) is 7. The molecule has 4 aromatic rings. The monoisotopic (exact) mass is 472 g/mol. The third-order valence-corrected chi connectivity index (χ3v) is 6.28. The molecular formula is C25H28N8O2. The molecule has 0 radical (unpaired) electrons. The summed E-state index contributed by atoms with van der Waals surface area (Å²) in [5.41, 5.74) is 2.22. The zero-order chi connectivity index (χ0) is 24.4. The van der Waals surface area contributed by atoms with Crippen molar-refractivity contribution < 1.29 is 9.90 Å². The van der Waals surface area contributed by atoms with Crippen LogP contribution in [0, 0.1) is 19.8 Å². The van der Waals surface area contributed by atoms with E-state index in [1.807, 2.05) is 56.4 Å². The molecule has 10 nitrogen and oxygen atoms in total. The van der Waals surface area contributed by atoms with E-state index < -0.39 is 5.60 Å². The summed E-state index contributed by atoms with van der Waals surface area (Å²) in [6.07, 6.45) is 6.65. The largest absolute Gasteiger partial charge is 0.384 e. The van der Waals surface area contributed by atoms with Gasteiger partial charge in [-0.05, 0) is 68.5 Å². The topological polar surface area (TPSA) is 134 Å². The molecule has 0 bridgehead atoms. The van der Waals surface area contributed by atoms with Gasteiger partial charge in [-0.1, -0.05) is 6.07 Å². The lowest BCUT2D eigenvalue weighted by molar-refractivity contribution is -0.125. The fourth-order valence-electron chi connectivity index (χ4n) is 4.46. The Labute approximate surface area is 202 Å². The quantitative estimate of drug-likeness (QED) is 0.325. The van der Waals surface area contributed by atoms with Crippen LogP contribution in [0.25, 0.3) is 5.82 Å². The third kappa shape index (κ3) is 5.07. The molecule has 0 saturated heterocycles. The number of aryl methyl sites for hydroxylation is 2. The van der Waals surface area contributed by atoms with Crippen LogP contribution in [0.15, 0.2) is 55.0 Å². The molecule has 0 aromatic carbocycles. The molecule has 2 atom stereocenters. The van der Waals surface area contributed by atoms with Gasteiger partial charge in [-0.25, -0.2) is 14.6 Å². The van der Waals surface area contributed by atoms with E-state index in [9.17, 15) is 9.90 Å². The van der Waals surface area contributed by atoms with Crippen LogP contribution in [-0.4, -0.2) is 41.0 Å². The highest BCUT2D eigenvalue weighted by Gasteiger charge is 2.43. The Kier molecular flexibility index (Phi) is 6.04. The van der Waals surface area contributed by atoms with Crippen LogP contribution in [0.1, 0.15) is 41.8 Å². The summed E-state index contributed by atoms with van der Waals surface area (Å²) < 4.78 is 1.68.